The van der Waals surface area contributed by atoms with Crippen molar-refractivity contribution < 1.29 is 17.6 Å². The third-order valence-corrected chi connectivity index (χ3v) is 6.34. The van der Waals surface area contributed by atoms with Crippen LogP contribution in [-0.4, -0.2) is 22.5 Å². The number of fused-ring (bicyclic) bond motifs is 1. The van der Waals surface area contributed by atoms with Crippen molar-refractivity contribution >= 4 is 27.0 Å². The average molecular weight is 453 g/mol. The molecule has 4 rings (SSSR count). The highest BCUT2D eigenvalue weighted by Gasteiger charge is 2.35. The van der Waals surface area contributed by atoms with Crippen LogP contribution in [0, 0.1) is 6.92 Å². The number of halogens is 4. The minimum Gasteiger partial charge on any atom is -0.436 e. The lowest BCUT2D eigenvalue weighted by molar-refractivity contribution is -0.138. The predicted molar refractivity (Wildman–Crippen MR) is 106 cm³/mol. The van der Waals surface area contributed by atoms with Gasteiger partial charge >= 0.3 is 6.18 Å². The van der Waals surface area contributed by atoms with E-state index >= 15 is 0 Å². The molecule has 7 heteroatoms. The van der Waals surface area contributed by atoms with E-state index in [1.807, 2.05) is 25.1 Å². The van der Waals surface area contributed by atoms with Gasteiger partial charge in [0, 0.05) is 22.6 Å². The van der Waals surface area contributed by atoms with E-state index in [9.17, 15) is 13.2 Å². The summed E-state index contributed by atoms with van der Waals surface area (Å²) in [7, 11) is 0. The first kappa shape index (κ1) is 19.5. The van der Waals surface area contributed by atoms with Gasteiger partial charge in [-0.3, -0.25) is 4.90 Å². The van der Waals surface area contributed by atoms with Crippen molar-refractivity contribution in [2.24, 2.45) is 0 Å². The Labute approximate surface area is 169 Å². The quantitative estimate of drug-likeness (QED) is 0.449. The van der Waals surface area contributed by atoms with Crippen LogP contribution in [0.15, 0.2) is 39.2 Å². The third kappa shape index (κ3) is 3.57. The Balaban J connectivity index is 1.81. The van der Waals surface area contributed by atoms with Crippen LogP contribution in [0.1, 0.15) is 36.5 Å². The number of benzene rings is 2. The maximum Gasteiger partial charge on any atom is 0.416 e. The van der Waals surface area contributed by atoms with Crippen LogP contribution in [0.4, 0.5) is 13.2 Å². The minimum absolute atomic E-state index is 0.153. The van der Waals surface area contributed by atoms with Gasteiger partial charge < -0.3 is 4.42 Å². The second-order valence-electron chi connectivity index (χ2n) is 7.37. The van der Waals surface area contributed by atoms with Crippen molar-refractivity contribution in [1.29, 1.82) is 0 Å². The summed E-state index contributed by atoms with van der Waals surface area (Å²) < 4.78 is 47.7. The van der Waals surface area contributed by atoms with Gasteiger partial charge in [0.1, 0.15) is 5.52 Å². The Kier molecular flexibility index (Phi) is 5.00. The van der Waals surface area contributed by atoms with Crippen molar-refractivity contribution in [3.05, 3.63) is 51.5 Å². The predicted octanol–water partition coefficient (Wildman–Crippen LogP) is 6.57. The zero-order valence-electron chi connectivity index (χ0n) is 15.6. The number of aromatic nitrogens is 1. The van der Waals surface area contributed by atoms with Crippen molar-refractivity contribution in [2.45, 2.75) is 45.5 Å². The monoisotopic (exact) mass is 452 g/mol. The SMILES string of the molecule is Cc1c(Br)cccc1-c1nc2cc(CN3CCCC3C)c(C(F)(F)F)cc2o1. The average Bonchev–Trinajstić information content (AvgIpc) is 3.22. The van der Waals surface area contributed by atoms with Crippen LogP contribution in [0.25, 0.3) is 22.6 Å². The Morgan fingerprint density at radius 3 is 2.75 bits per heavy atom. The number of alkyl halides is 3. The van der Waals surface area contributed by atoms with Crippen LogP contribution < -0.4 is 0 Å². The molecule has 1 aromatic heterocycles. The Bertz CT molecular complexity index is 1030. The van der Waals surface area contributed by atoms with Crippen molar-refractivity contribution in [2.75, 3.05) is 6.54 Å². The molecule has 3 aromatic rings. The Morgan fingerprint density at radius 2 is 2.07 bits per heavy atom. The molecule has 0 radical (unpaired) electrons. The van der Waals surface area contributed by atoms with Gasteiger partial charge in [0.15, 0.2) is 5.58 Å². The summed E-state index contributed by atoms with van der Waals surface area (Å²) in [5, 5.41) is 0. The van der Waals surface area contributed by atoms with E-state index in [2.05, 4.69) is 32.7 Å². The molecule has 1 aliphatic heterocycles. The Hall–Kier alpha value is -1.86. The maximum atomic E-state index is 13.7. The first-order chi connectivity index (χ1) is 13.2. The van der Waals surface area contributed by atoms with Gasteiger partial charge in [-0.1, -0.05) is 22.0 Å². The lowest BCUT2D eigenvalue weighted by Gasteiger charge is -2.23. The van der Waals surface area contributed by atoms with E-state index < -0.39 is 11.7 Å². The number of likely N-dealkylation sites (tertiary alicyclic amines) is 1. The van der Waals surface area contributed by atoms with Gasteiger partial charge in [0.25, 0.3) is 0 Å². The van der Waals surface area contributed by atoms with Crippen LogP contribution in [-0.2, 0) is 12.7 Å². The molecule has 1 fully saturated rings. The summed E-state index contributed by atoms with van der Waals surface area (Å²) in [5.41, 5.74) is 1.89. The number of oxazole rings is 1. The molecule has 1 atom stereocenters. The molecule has 0 N–H and O–H groups in total. The lowest BCUT2D eigenvalue weighted by atomic mass is 10.0. The number of rotatable bonds is 3. The summed E-state index contributed by atoms with van der Waals surface area (Å²) >= 11 is 3.47. The summed E-state index contributed by atoms with van der Waals surface area (Å²) in [6, 6.07) is 8.51. The topological polar surface area (TPSA) is 29.3 Å². The molecule has 3 nitrogen and oxygen atoms in total. The second-order valence-corrected chi connectivity index (χ2v) is 8.22. The van der Waals surface area contributed by atoms with Crippen molar-refractivity contribution in [3.8, 4) is 11.5 Å². The highest BCUT2D eigenvalue weighted by molar-refractivity contribution is 9.10. The molecular formula is C21H20BrF3N2O. The molecule has 148 valence electrons. The van der Waals surface area contributed by atoms with E-state index in [0.717, 1.165) is 41.1 Å². The fourth-order valence-electron chi connectivity index (χ4n) is 3.81. The molecule has 1 saturated heterocycles. The fourth-order valence-corrected chi connectivity index (χ4v) is 4.18. The molecule has 2 heterocycles. The van der Waals surface area contributed by atoms with Crippen LogP contribution in [0.2, 0.25) is 0 Å². The second kappa shape index (κ2) is 7.19. The molecule has 0 spiro atoms. The van der Waals surface area contributed by atoms with Gasteiger partial charge in [-0.05, 0) is 68.6 Å². The van der Waals surface area contributed by atoms with Crippen molar-refractivity contribution in [1.82, 2.24) is 9.88 Å². The third-order valence-electron chi connectivity index (χ3n) is 5.48. The van der Waals surface area contributed by atoms with Gasteiger partial charge in [-0.15, -0.1) is 0 Å². The van der Waals surface area contributed by atoms with E-state index in [1.165, 1.54) is 6.07 Å². The summed E-state index contributed by atoms with van der Waals surface area (Å²) in [6.07, 6.45) is -2.41. The highest BCUT2D eigenvalue weighted by Crippen LogP contribution is 2.38. The van der Waals surface area contributed by atoms with Gasteiger partial charge in [0.2, 0.25) is 5.89 Å². The van der Waals surface area contributed by atoms with Gasteiger partial charge in [0.05, 0.1) is 5.56 Å². The molecule has 0 aliphatic carbocycles. The number of hydrogen-bond donors (Lipinski definition) is 0. The largest absolute Gasteiger partial charge is 0.436 e. The van der Waals surface area contributed by atoms with Gasteiger partial charge in [-0.25, -0.2) is 4.98 Å². The van der Waals surface area contributed by atoms with Crippen LogP contribution in [0.5, 0.6) is 0 Å². The summed E-state index contributed by atoms with van der Waals surface area (Å²) in [4.78, 5) is 6.58. The zero-order valence-corrected chi connectivity index (χ0v) is 17.2. The zero-order chi connectivity index (χ0) is 20.1. The molecule has 1 unspecified atom stereocenters. The van der Waals surface area contributed by atoms with E-state index in [4.69, 9.17) is 4.42 Å². The number of hydrogen-bond acceptors (Lipinski definition) is 3. The molecule has 0 amide bonds. The van der Waals surface area contributed by atoms with Crippen LogP contribution in [0.3, 0.4) is 0 Å². The molecule has 0 bridgehead atoms. The maximum absolute atomic E-state index is 13.7. The molecular weight excluding hydrogens is 433 g/mol. The van der Waals surface area contributed by atoms with Gasteiger partial charge in [-0.2, -0.15) is 13.2 Å². The smallest absolute Gasteiger partial charge is 0.416 e. The molecule has 28 heavy (non-hydrogen) atoms. The normalized spacial score (nSPS) is 18.3. The highest BCUT2D eigenvalue weighted by atomic mass is 79.9. The molecule has 1 aliphatic rings. The van der Waals surface area contributed by atoms with Crippen LogP contribution >= 0.6 is 15.9 Å². The minimum atomic E-state index is -4.44. The number of nitrogens with zero attached hydrogens (tertiary/aromatic N) is 2. The molecule has 2 aromatic carbocycles. The first-order valence-electron chi connectivity index (χ1n) is 9.24. The molecule has 0 saturated carbocycles. The van der Waals surface area contributed by atoms with E-state index in [-0.39, 0.29) is 23.7 Å². The summed E-state index contributed by atoms with van der Waals surface area (Å²) in [5.74, 6) is 0.327. The van der Waals surface area contributed by atoms with E-state index in [1.54, 1.807) is 0 Å². The standard InChI is InChI=1S/C21H20BrF3N2O/c1-12-5-4-8-27(12)11-14-9-18-19(10-16(14)21(23,24)25)28-20(26-18)15-6-3-7-17(22)13(15)2/h3,6-7,9-10,12H,4-5,8,11H2,1-2H3. The Morgan fingerprint density at radius 1 is 1.29 bits per heavy atom. The summed E-state index contributed by atoms with van der Waals surface area (Å²) in [6.45, 7) is 5.06. The first-order valence-corrected chi connectivity index (χ1v) is 10.0. The van der Waals surface area contributed by atoms with Crippen molar-refractivity contribution in [3.63, 3.8) is 0 Å². The fraction of sp³-hybridized carbons (Fsp3) is 0.381. The lowest BCUT2D eigenvalue weighted by Crippen LogP contribution is -2.27. The van der Waals surface area contributed by atoms with E-state index in [0.29, 0.717) is 11.4 Å².